The lowest BCUT2D eigenvalue weighted by Gasteiger charge is -2.16. The quantitative estimate of drug-likeness (QED) is 0.304. The van der Waals surface area contributed by atoms with Gasteiger partial charge in [0.15, 0.2) is 5.96 Å². The van der Waals surface area contributed by atoms with Crippen LogP contribution in [0.2, 0.25) is 0 Å². The molecule has 0 aliphatic heterocycles. The van der Waals surface area contributed by atoms with Crippen LogP contribution in [0.4, 0.5) is 0 Å². The highest BCUT2D eigenvalue weighted by Gasteiger charge is 2.12. The van der Waals surface area contributed by atoms with Gasteiger partial charge in [-0.05, 0) is 37.1 Å². The van der Waals surface area contributed by atoms with Gasteiger partial charge in [-0.2, -0.15) is 0 Å². The summed E-state index contributed by atoms with van der Waals surface area (Å²) in [5.41, 5.74) is 7.73. The first-order valence-electron chi connectivity index (χ1n) is 8.87. The molecule has 2 aromatic rings. The van der Waals surface area contributed by atoms with E-state index in [0.29, 0.717) is 18.5 Å². The molecule has 0 radical (unpaired) electrons. The van der Waals surface area contributed by atoms with Gasteiger partial charge in [0.25, 0.3) is 0 Å². The molecule has 1 aliphatic carbocycles. The molecule has 3 N–H and O–H groups in total. The van der Waals surface area contributed by atoms with Crippen molar-refractivity contribution >= 4 is 29.9 Å². The second-order valence-electron chi connectivity index (χ2n) is 6.39. The number of aromatic nitrogens is 3. The van der Waals surface area contributed by atoms with Crippen molar-refractivity contribution in [1.29, 1.82) is 0 Å². The van der Waals surface area contributed by atoms with Gasteiger partial charge in [0.2, 0.25) is 0 Å². The number of hydrogen-bond acceptors (Lipinski definition) is 4. The summed E-state index contributed by atoms with van der Waals surface area (Å²) in [5.74, 6) is 1.30. The lowest BCUT2D eigenvalue weighted by atomic mass is 10.1. The summed E-state index contributed by atoms with van der Waals surface area (Å²) in [4.78, 5) is 4.40. The summed E-state index contributed by atoms with van der Waals surface area (Å²) < 4.78 is 6.88. The van der Waals surface area contributed by atoms with Gasteiger partial charge in [-0.3, -0.25) is 0 Å². The van der Waals surface area contributed by atoms with Gasteiger partial charge >= 0.3 is 0 Å². The molecule has 142 valence electrons. The molecule has 1 aromatic heterocycles. The third kappa shape index (κ3) is 5.86. The average molecular weight is 470 g/mol. The Morgan fingerprint density at radius 2 is 1.92 bits per heavy atom. The maximum absolute atomic E-state index is 6.02. The highest BCUT2D eigenvalue weighted by Crippen LogP contribution is 2.17. The zero-order valence-corrected chi connectivity index (χ0v) is 17.4. The van der Waals surface area contributed by atoms with Gasteiger partial charge in [-0.25, -0.2) is 9.67 Å². The van der Waals surface area contributed by atoms with E-state index in [1.54, 1.807) is 11.8 Å². The maximum atomic E-state index is 6.02. The lowest BCUT2D eigenvalue weighted by Crippen LogP contribution is -2.39. The molecule has 1 heterocycles. The fourth-order valence-corrected chi connectivity index (χ4v) is 3.08. The Morgan fingerprint density at radius 3 is 2.58 bits per heavy atom. The second kappa shape index (κ2) is 10.3. The van der Waals surface area contributed by atoms with Gasteiger partial charge in [0.1, 0.15) is 11.4 Å². The molecular weight excluding hydrogens is 443 g/mol. The van der Waals surface area contributed by atoms with Gasteiger partial charge in [0, 0.05) is 6.04 Å². The van der Waals surface area contributed by atoms with E-state index in [1.165, 1.54) is 38.5 Å². The Hall–Kier alpha value is -1.84. The number of nitrogens with one attached hydrogen (secondary N) is 1. The van der Waals surface area contributed by atoms with Crippen LogP contribution in [0.3, 0.4) is 0 Å². The molecule has 3 rings (SSSR count). The average Bonchev–Trinajstić information content (AvgIpc) is 2.97. The Morgan fingerprint density at radius 1 is 1.23 bits per heavy atom. The monoisotopic (exact) mass is 470 g/mol. The van der Waals surface area contributed by atoms with Crippen molar-refractivity contribution in [3.8, 4) is 11.4 Å². The first-order chi connectivity index (χ1) is 12.2. The Bertz CT molecular complexity index is 692. The van der Waals surface area contributed by atoms with E-state index in [1.807, 2.05) is 30.5 Å². The van der Waals surface area contributed by atoms with Crippen LogP contribution < -0.4 is 15.8 Å². The van der Waals surface area contributed by atoms with E-state index in [9.17, 15) is 0 Å². The largest absolute Gasteiger partial charge is 0.497 e. The second-order valence-corrected chi connectivity index (χ2v) is 6.39. The molecule has 8 heteroatoms. The standard InChI is InChI=1S/C18H26N6O.HI/c1-25-17-10-8-16(9-11-17)24-13-15(22-23-24)12-20-18(19)21-14-6-4-2-3-5-7-14;/h8-11,13-14H,2-7,12H2,1H3,(H3,19,20,21);1H. The van der Waals surface area contributed by atoms with E-state index in [2.05, 4.69) is 20.6 Å². The fraction of sp³-hybridized carbons (Fsp3) is 0.500. The van der Waals surface area contributed by atoms with Crippen LogP contribution in [-0.4, -0.2) is 34.1 Å². The normalized spacial score (nSPS) is 15.8. The van der Waals surface area contributed by atoms with Crippen molar-refractivity contribution in [2.75, 3.05) is 7.11 Å². The summed E-state index contributed by atoms with van der Waals surface area (Å²) >= 11 is 0. The molecule has 1 aromatic carbocycles. The number of benzene rings is 1. The van der Waals surface area contributed by atoms with Crippen molar-refractivity contribution in [3.63, 3.8) is 0 Å². The number of rotatable bonds is 5. The predicted molar refractivity (Wildman–Crippen MR) is 113 cm³/mol. The van der Waals surface area contributed by atoms with Crippen LogP contribution >= 0.6 is 24.0 Å². The molecule has 0 spiro atoms. The van der Waals surface area contributed by atoms with Crippen LogP contribution in [0.25, 0.3) is 5.69 Å². The molecular formula is C18H27IN6O. The first kappa shape index (κ1) is 20.5. The summed E-state index contributed by atoms with van der Waals surface area (Å²) in [7, 11) is 1.65. The SMILES string of the molecule is COc1ccc(-n2cc(CN=C(N)NC3CCCCCC3)nn2)cc1.I. The summed E-state index contributed by atoms with van der Waals surface area (Å²) in [6.45, 7) is 0.418. The van der Waals surface area contributed by atoms with Crippen molar-refractivity contribution < 1.29 is 4.74 Å². The van der Waals surface area contributed by atoms with E-state index < -0.39 is 0 Å². The predicted octanol–water partition coefficient (Wildman–Crippen LogP) is 3.02. The van der Waals surface area contributed by atoms with Gasteiger partial charge in [0.05, 0.1) is 25.5 Å². The van der Waals surface area contributed by atoms with Crippen molar-refractivity contribution in [2.24, 2.45) is 10.7 Å². The van der Waals surface area contributed by atoms with E-state index in [4.69, 9.17) is 10.5 Å². The number of methoxy groups -OCH3 is 1. The minimum absolute atomic E-state index is 0. The van der Waals surface area contributed by atoms with Crippen molar-refractivity contribution in [3.05, 3.63) is 36.2 Å². The fourth-order valence-electron chi connectivity index (χ4n) is 3.08. The summed E-state index contributed by atoms with van der Waals surface area (Å²) in [6, 6.07) is 8.10. The smallest absolute Gasteiger partial charge is 0.189 e. The number of nitrogens with zero attached hydrogens (tertiary/aromatic N) is 4. The molecule has 1 saturated carbocycles. The third-order valence-corrected chi connectivity index (χ3v) is 4.50. The zero-order valence-electron chi connectivity index (χ0n) is 15.1. The molecule has 0 atom stereocenters. The van der Waals surface area contributed by atoms with Gasteiger partial charge in [-0.1, -0.05) is 30.9 Å². The molecule has 1 fully saturated rings. The van der Waals surface area contributed by atoms with Crippen molar-refractivity contribution in [2.45, 2.75) is 51.1 Å². The third-order valence-electron chi connectivity index (χ3n) is 4.50. The van der Waals surface area contributed by atoms with E-state index in [0.717, 1.165) is 17.1 Å². The first-order valence-corrected chi connectivity index (χ1v) is 8.87. The lowest BCUT2D eigenvalue weighted by molar-refractivity contribution is 0.414. The molecule has 0 amide bonds. The molecule has 0 saturated heterocycles. The van der Waals surface area contributed by atoms with Crippen LogP contribution in [0.1, 0.15) is 44.2 Å². The molecule has 7 nitrogen and oxygen atoms in total. The zero-order chi connectivity index (χ0) is 17.5. The Kier molecular flexibility index (Phi) is 8.14. The summed E-state index contributed by atoms with van der Waals surface area (Å²) in [5, 5.41) is 11.6. The van der Waals surface area contributed by atoms with Gasteiger partial charge < -0.3 is 15.8 Å². The number of hydrogen-bond donors (Lipinski definition) is 2. The molecule has 1 aliphatic rings. The highest BCUT2D eigenvalue weighted by atomic mass is 127. The topological polar surface area (TPSA) is 90.3 Å². The number of aliphatic imine (C=N–C) groups is 1. The van der Waals surface area contributed by atoms with Crippen LogP contribution in [0, 0.1) is 0 Å². The minimum Gasteiger partial charge on any atom is -0.497 e. The van der Waals surface area contributed by atoms with E-state index >= 15 is 0 Å². The molecule has 0 unspecified atom stereocenters. The maximum Gasteiger partial charge on any atom is 0.189 e. The number of guanidine groups is 1. The number of ether oxygens (including phenoxy) is 1. The van der Waals surface area contributed by atoms with Crippen LogP contribution in [0.5, 0.6) is 5.75 Å². The van der Waals surface area contributed by atoms with Gasteiger partial charge in [-0.15, -0.1) is 29.1 Å². The van der Waals surface area contributed by atoms with Crippen LogP contribution in [0.15, 0.2) is 35.5 Å². The number of nitrogens with two attached hydrogens (primary N) is 1. The highest BCUT2D eigenvalue weighted by molar-refractivity contribution is 14.0. The minimum atomic E-state index is 0. The van der Waals surface area contributed by atoms with Crippen LogP contribution in [-0.2, 0) is 6.54 Å². The number of halogens is 1. The Labute approximate surface area is 171 Å². The van der Waals surface area contributed by atoms with E-state index in [-0.39, 0.29) is 24.0 Å². The Balaban J connectivity index is 0.00000243. The molecule has 26 heavy (non-hydrogen) atoms. The summed E-state index contributed by atoms with van der Waals surface area (Å²) in [6.07, 6.45) is 9.38. The molecule has 0 bridgehead atoms. The van der Waals surface area contributed by atoms with Crippen molar-refractivity contribution in [1.82, 2.24) is 20.3 Å².